The minimum Gasteiger partial charge on any atom is -0.364 e. The zero-order valence-electron chi connectivity index (χ0n) is 21.5. The zero-order chi connectivity index (χ0) is 29.0. The standard InChI is InChI=1S/C28H25ClF3N5O2S2/c29-24-10-11-26(40-24)41(39)37-13-3-5-23(37)27(38)35-16-18-14-22(19-6-8-20(9-7-19)28(30,31)32)36-25(15-18)34-17-21-4-1-2-12-33-21/h1-2,4,6-12,14-15,23H,3,5,13,16-17H2,(H,34,36)(H,35,38). The number of hydrogen-bond acceptors (Lipinski definition) is 6. The molecule has 4 aromatic rings. The fourth-order valence-electron chi connectivity index (χ4n) is 4.46. The Morgan fingerprint density at radius 1 is 1.10 bits per heavy atom. The van der Waals surface area contributed by atoms with Crippen LogP contribution >= 0.6 is 22.9 Å². The number of benzene rings is 1. The first-order valence-corrected chi connectivity index (χ1v) is 15.0. The van der Waals surface area contributed by atoms with Crippen molar-refractivity contribution in [3.05, 3.63) is 94.1 Å². The summed E-state index contributed by atoms with van der Waals surface area (Å²) in [5.41, 5.74) is 1.68. The van der Waals surface area contributed by atoms with Crippen LogP contribution in [0.5, 0.6) is 0 Å². The number of amides is 1. The first-order valence-electron chi connectivity index (χ1n) is 12.7. The minimum absolute atomic E-state index is 0.148. The van der Waals surface area contributed by atoms with Crippen LogP contribution in [-0.2, 0) is 35.0 Å². The maximum atomic E-state index is 13.2. The van der Waals surface area contributed by atoms with E-state index in [-0.39, 0.29) is 12.5 Å². The number of aromatic nitrogens is 2. The molecule has 1 aliphatic heterocycles. The number of halogens is 4. The zero-order valence-corrected chi connectivity index (χ0v) is 23.9. The number of rotatable bonds is 9. The molecule has 1 saturated heterocycles. The Balaban J connectivity index is 1.34. The van der Waals surface area contributed by atoms with E-state index in [1.165, 1.54) is 23.5 Å². The van der Waals surface area contributed by atoms with Crippen LogP contribution in [0.4, 0.5) is 19.0 Å². The molecule has 5 rings (SSSR count). The van der Waals surface area contributed by atoms with Crippen molar-refractivity contribution in [2.75, 3.05) is 11.9 Å². The van der Waals surface area contributed by atoms with E-state index in [4.69, 9.17) is 11.6 Å². The fraction of sp³-hybridized carbons (Fsp3) is 0.250. The molecule has 1 aliphatic rings. The number of alkyl halides is 3. The molecular weight excluding hydrogens is 595 g/mol. The van der Waals surface area contributed by atoms with Crippen LogP contribution in [0.2, 0.25) is 4.34 Å². The molecule has 1 amide bonds. The van der Waals surface area contributed by atoms with Crippen molar-refractivity contribution in [1.82, 2.24) is 19.6 Å². The second-order valence-corrected chi connectivity index (χ2v) is 12.7. The molecule has 3 aromatic heterocycles. The largest absolute Gasteiger partial charge is 0.416 e. The summed E-state index contributed by atoms with van der Waals surface area (Å²) in [6.07, 6.45) is -1.46. The molecule has 0 saturated carbocycles. The van der Waals surface area contributed by atoms with Crippen LogP contribution in [-0.4, -0.2) is 37.0 Å². The Bertz CT molecular complexity index is 1530. The maximum Gasteiger partial charge on any atom is 0.416 e. The Hall–Kier alpha value is -3.32. The monoisotopic (exact) mass is 619 g/mol. The van der Waals surface area contributed by atoms with Gasteiger partial charge in [0.1, 0.15) is 27.1 Å². The van der Waals surface area contributed by atoms with Crippen LogP contribution < -0.4 is 10.6 Å². The summed E-state index contributed by atoms with van der Waals surface area (Å²) in [5, 5.41) is 6.14. The SMILES string of the molecule is O=C(NCc1cc(NCc2ccccn2)nc(-c2ccc(C(F)(F)F)cc2)c1)C1CCCN1S(=O)c1ccc(Cl)s1. The number of hydrogen-bond donors (Lipinski definition) is 2. The highest BCUT2D eigenvalue weighted by Gasteiger charge is 2.35. The number of thiophene rings is 1. The number of nitrogens with zero attached hydrogens (tertiary/aromatic N) is 3. The van der Waals surface area contributed by atoms with E-state index in [0.717, 1.165) is 24.2 Å². The van der Waals surface area contributed by atoms with Gasteiger partial charge < -0.3 is 10.6 Å². The van der Waals surface area contributed by atoms with E-state index in [1.807, 2.05) is 18.2 Å². The molecule has 1 fully saturated rings. The van der Waals surface area contributed by atoms with Crippen LogP contribution in [0.25, 0.3) is 11.3 Å². The fourth-order valence-corrected chi connectivity index (χ4v) is 7.35. The predicted molar refractivity (Wildman–Crippen MR) is 154 cm³/mol. The quantitative estimate of drug-likeness (QED) is 0.230. The lowest BCUT2D eigenvalue weighted by atomic mass is 10.1. The highest BCUT2D eigenvalue weighted by atomic mass is 35.5. The number of anilines is 1. The molecule has 1 aromatic carbocycles. The number of carbonyl (C=O) groups is 1. The molecule has 2 atom stereocenters. The molecule has 0 radical (unpaired) electrons. The summed E-state index contributed by atoms with van der Waals surface area (Å²) in [4.78, 5) is 22.1. The summed E-state index contributed by atoms with van der Waals surface area (Å²) < 4.78 is 55.2. The van der Waals surface area contributed by atoms with Gasteiger partial charge in [0.25, 0.3) is 0 Å². The third-order valence-electron chi connectivity index (χ3n) is 6.48. The average Bonchev–Trinajstić information content (AvgIpc) is 3.64. The lowest BCUT2D eigenvalue weighted by Gasteiger charge is -2.22. The Kier molecular flexibility index (Phi) is 9.03. The number of nitrogens with one attached hydrogen (secondary N) is 2. The summed E-state index contributed by atoms with van der Waals surface area (Å²) in [7, 11) is -1.50. The smallest absolute Gasteiger partial charge is 0.364 e. The van der Waals surface area contributed by atoms with Gasteiger partial charge in [-0.2, -0.15) is 13.2 Å². The van der Waals surface area contributed by atoms with Crippen molar-refractivity contribution in [2.24, 2.45) is 0 Å². The number of pyridine rings is 2. The molecule has 41 heavy (non-hydrogen) atoms. The molecule has 13 heteroatoms. The van der Waals surface area contributed by atoms with E-state index < -0.39 is 28.8 Å². The minimum atomic E-state index is -4.44. The van der Waals surface area contributed by atoms with Crippen LogP contribution in [0, 0.1) is 0 Å². The predicted octanol–water partition coefficient (Wildman–Crippen LogP) is 6.29. The van der Waals surface area contributed by atoms with Crippen molar-refractivity contribution in [3.63, 3.8) is 0 Å². The molecule has 0 bridgehead atoms. The van der Waals surface area contributed by atoms with Crippen LogP contribution in [0.15, 0.2) is 77.1 Å². The summed E-state index contributed by atoms with van der Waals surface area (Å²) in [5.74, 6) is 0.227. The van der Waals surface area contributed by atoms with Gasteiger partial charge in [0.05, 0.1) is 27.8 Å². The highest BCUT2D eigenvalue weighted by Crippen LogP contribution is 2.32. The summed E-state index contributed by atoms with van der Waals surface area (Å²) in [6.45, 7) is 1.05. The Labute approximate surface area is 246 Å². The van der Waals surface area contributed by atoms with E-state index in [1.54, 1.807) is 34.8 Å². The molecule has 0 spiro atoms. The van der Waals surface area contributed by atoms with Crippen molar-refractivity contribution in [2.45, 2.75) is 42.4 Å². The van der Waals surface area contributed by atoms with Crippen molar-refractivity contribution >= 4 is 45.6 Å². The van der Waals surface area contributed by atoms with E-state index in [0.29, 0.717) is 50.7 Å². The van der Waals surface area contributed by atoms with Gasteiger partial charge >= 0.3 is 6.18 Å². The van der Waals surface area contributed by atoms with Crippen molar-refractivity contribution < 1.29 is 22.2 Å². The van der Waals surface area contributed by atoms with Gasteiger partial charge in [-0.3, -0.25) is 9.78 Å². The second-order valence-electron chi connectivity index (χ2n) is 9.32. The molecule has 214 valence electrons. The van der Waals surface area contributed by atoms with Gasteiger partial charge in [-0.25, -0.2) is 13.5 Å². The van der Waals surface area contributed by atoms with Gasteiger partial charge in [-0.05, 0) is 66.9 Å². The molecule has 2 N–H and O–H groups in total. The maximum absolute atomic E-state index is 13.2. The van der Waals surface area contributed by atoms with Gasteiger partial charge in [-0.1, -0.05) is 29.8 Å². The van der Waals surface area contributed by atoms with E-state index in [2.05, 4.69) is 20.6 Å². The molecule has 2 unspecified atom stereocenters. The van der Waals surface area contributed by atoms with Gasteiger partial charge in [0, 0.05) is 24.8 Å². The van der Waals surface area contributed by atoms with Crippen LogP contribution in [0.3, 0.4) is 0 Å². The second kappa shape index (κ2) is 12.7. The van der Waals surface area contributed by atoms with Gasteiger partial charge in [-0.15, -0.1) is 11.3 Å². The van der Waals surface area contributed by atoms with E-state index >= 15 is 0 Å². The highest BCUT2D eigenvalue weighted by molar-refractivity contribution is 7.85. The summed E-state index contributed by atoms with van der Waals surface area (Å²) >= 11 is 7.23. The molecule has 7 nitrogen and oxygen atoms in total. The van der Waals surface area contributed by atoms with Crippen molar-refractivity contribution in [3.8, 4) is 11.3 Å². The van der Waals surface area contributed by atoms with Gasteiger partial charge in [0.15, 0.2) is 0 Å². The topological polar surface area (TPSA) is 87.2 Å². The summed E-state index contributed by atoms with van der Waals surface area (Å²) in [6, 6.07) is 16.6. The number of carbonyl (C=O) groups excluding carboxylic acids is 1. The van der Waals surface area contributed by atoms with E-state index in [9.17, 15) is 22.2 Å². The average molecular weight is 620 g/mol. The molecule has 4 heterocycles. The Morgan fingerprint density at radius 3 is 2.59 bits per heavy atom. The third-order valence-corrected chi connectivity index (χ3v) is 9.52. The van der Waals surface area contributed by atoms with Gasteiger partial charge in [0.2, 0.25) is 5.91 Å². The molecule has 0 aliphatic carbocycles. The lowest BCUT2D eigenvalue weighted by Crippen LogP contribution is -2.43. The Morgan fingerprint density at radius 2 is 1.90 bits per heavy atom. The first-order chi connectivity index (χ1) is 19.7. The van der Waals surface area contributed by atoms with Crippen molar-refractivity contribution in [1.29, 1.82) is 0 Å². The molecular formula is C28H25ClF3N5O2S2. The normalized spacial score (nSPS) is 16.4. The van der Waals surface area contributed by atoms with Crippen LogP contribution in [0.1, 0.15) is 29.7 Å². The first kappa shape index (κ1) is 29.2. The third kappa shape index (κ3) is 7.31. The lowest BCUT2D eigenvalue weighted by molar-refractivity contribution is -0.137.